The van der Waals surface area contributed by atoms with E-state index in [1.54, 1.807) is 10.8 Å². The highest BCUT2D eigenvalue weighted by Crippen LogP contribution is 2.28. The molecular weight excluding hydrogens is 288 g/mol. The molecule has 5 heteroatoms. The van der Waals surface area contributed by atoms with Gasteiger partial charge in [0.15, 0.2) is 0 Å². The van der Waals surface area contributed by atoms with Crippen LogP contribution in [-0.2, 0) is 0 Å². The highest BCUT2D eigenvalue weighted by Gasteiger charge is 2.35. The number of fused-ring (bicyclic) bond motifs is 3. The van der Waals surface area contributed by atoms with Gasteiger partial charge in [-0.3, -0.25) is 9.55 Å². The van der Waals surface area contributed by atoms with Crippen LogP contribution in [0.1, 0.15) is 18.5 Å². The Bertz CT molecular complexity index is 701. The largest absolute Gasteiger partial charge is 0.333 e. The molecule has 5 rings (SSSR count). The minimum atomic E-state index is -0.0246. The molecule has 3 fully saturated rings. The van der Waals surface area contributed by atoms with E-state index in [1.165, 1.54) is 25.9 Å². The number of nitrogens with zero attached hydrogens (tertiary/aromatic N) is 3. The van der Waals surface area contributed by atoms with Crippen LogP contribution in [-0.4, -0.2) is 46.2 Å². The predicted octanol–water partition coefficient (Wildman–Crippen LogP) is 2.51. The van der Waals surface area contributed by atoms with Crippen LogP contribution >= 0.6 is 0 Å². The van der Waals surface area contributed by atoms with E-state index in [0.717, 1.165) is 23.5 Å². The maximum Gasteiger partial charge on any atom is 0.326 e. The number of amides is 1. The normalized spacial score (nSPS) is 26.2. The Hall–Kier alpha value is -2.14. The molecule has 2 bridgehead atoms. The quantitative estimate of drug-likeness (QED) is 0.927. The summed E-state index contributed by atoms with van der Waals surface area (Å²) in [5, 5.41) is 3.23. The van der Waals surface area contributed by atoms with E-state index in [2.05, 4.69) is 15.2 Å². The van der Waals surface area contributed by atoms with Crippen molar-refractivity contribution in [2.75, 3.05) is 19.6 Å². The molecule has 1 amide bonds. The molecule has 3 saturated heterocycles. The van der Waals surface area contributed by atoms with Gasteiger partial charge in [0.25, 0.3) is 0 Å². The predicted molar refractivity (Wildman–Crippen MR) is 89.3 cm³/mol. The molecular formula is C18H22N4O. The Morgan fingerprint density at radius 1 is 1.26 bits per heavy atom. The van der Waals surface area contributed by atoms with E-state index in [0.29, 0.717) is 5.92 Å². The molecule has 5 heterocycles. The van der Waals surface area contributed by atoms with Crippen molar-refractivity contribution in [2.45, 2.75) is 25.8 Å². The van der Waals surface area contributed by atoms with E-state index in [4.69, 9.17) is 0 Å². The molecule has 0 aromatic carbocycles. The van der Waals surface area contributed by atoms with Crippen LogP contribution in [0.2, 0.25) is 0 Å². The number of carbonyl (C=O) groups excluding carboxylic acids is 1. The molecule has 1 atom stereocenters. The highest BCUT2D eigenvalue weighted by atomic mass is 16.2. The van der Waals surface area contributed by atoms with Crippen molar-refractivity contribution in [3.05, 3.63) is 42.4 Å². The fourth-order valence-electron chi connectivity index (χ4n) is 3.88. The van der Waals surface area contributed by atoms with Gasteiger partial charge >= 0.3 is 6.03 Å². The average molecular weight is 310 g/mol. The van der Waals surface area contributed by atoms with Crippen molar-refractivity contribution < 1.29 is 4.79 Å². The van der Waals surface area contributed by atoms with Crippen molar-refractivity contribution >= 4 is 6.03 Å². The summed E-state index contributed by atoms with van der Waals surface area (Å²) >= 11 is 0. The summed E-state index contributed by atoms with van der Waals surface area (Å²) in [5.74, 6) is 0.634. The molecule has 0 spiro atoms. The molecule has 2 aromatic heterocycles. The van der Waals surface area contributed by atoms with Crippen molar-refractivity contribution in [1.29, 1.82) is 0 Å². The van der Waals surface area contributed by atoms with Crippen molar-refractivity contribution in [3.63, 3.8) is 0 Å². The zero-order chi connectivity index (χ0) is 15.8. The zero-order valence-corrected chi connectivity index (χ0v) is 13.4. The summed E-state index contributed by atoms with van der Waals surface area (Å²) in [4.78, 5) is 19.5. The third kappa shape index (κ3) is 2.65. The second-order valence-electron chi connectivity index (χ2n) is 6.59. The van der Waals surface area contributed by atoms with E-state index >= 15 is 0 Å². The molecule has 120 valence electrons. The number of aromatic nitrogens is 2. The van der Waals surface area contributed by atoms with Crippen molar-refractivity contribution in [1.82, 2.24) is 19.8 Å². The van der Waals surface area contributed by atoms with Gasteiger partial charge in [-0.25, -0.2) is 4.79 Å². The minimum Gasteiger partial charge on any atom is -0.333 e. The van der Waals surface area contributed by atoms with Gasteiger partial charge in [0.2, 0.25) is 0 Å². The maximum absolute atomic E-state index is 12.7. The number of piperidine rings is 3. The second-order valence-corrected chi connectivity index (χ2v) is 6.59. The Balaban J connectivity index is 1.52. The van der Waals surface area contributed by atoms with Crippen LogP contribution < -0.4 is 5.32 Å². The van der Waals surface area contributed by atoms with Gasteiger partial charge in [-0.2, -0.15) is 0 Å². The summed E-state index contributed by atoms with van der Waals surface area (Å²) < 4.78 is 1.71. The van der Waals surface area contributed by atoms with Crippen LogP contribution in [0, 0.1) is 12.8 Å². The van der Waals surface area contributed by atoms with Crippen LogP contribution in [0.3, 0.4) is 0 Å². The maximum atomic E-state index is 12.7. The van der Waals surface area contributed by atoms with Crippen LogP contribution in [0.4, 0.5) is 4.79 Å². The van der Waals surface area contributed by atoms with Crippen LogP contribution in [0.15, 0.2) is 36.7 Å². The molecule has 2 aromatic rings. The number of rotatable bonds is 2. The Kier molecular flexibility index (Phi) is 3.65. The monoisotopic (exact) mass is 310 g/mol. The smallest absolute Gasteiger partial charge is 0.326 e. The number of hydrogen-bond donors (Lipinski definition) is 1. The molecule has 5 nitrogen and oxygen atoms in total. The number of hydrogen-bond acceptors (Lipinski definition) is 3. The minimum absolute atomic E-state index is 0.0246. The van der Waals surface area contributed by atoms with Crippen LogP contribution in [0.5, 0.6) is 0 Å². The molecule has 3 aliphatic rings. The van der Waals surface area contributed by atoms with E-state index in [1.807, 2.05) is 37.4 Å². The van der Waals surface area contributed by atoms with Gasteiger partial charge in [0.1, 0.15) is 0 Å². The number of carbonyl (C=O) groups is 1. The first kappa shape index (κ1) is 14.5. The fourth-order valence-corrected chi connectivity index (χ4v) is 3.88. The summed E-state index contributed by atoms with van der Waals surface area (Å²) in [7, 11) is 0. The molecule has 0 saturated carbocycles. The standard InChI is InChI=1S/C18H22N4O/c1-13-15(16-4-2-3-8-19-16)7-11-22(13)18(23)20-17-12-21-9-5-14(17)6-10-21/h2-4,7-8,11,14,17H,5-6,9-10,12H2,1H3,(H,20,23)/t17-/m0/s1. The van der Waals surface area contributed by atoms with E-state index < -0.39 is 0 Å². The van der Waals surface area contributed by atoms with E-state index in [-0.39, 0.29) is 12.1 Å². The lowest BCUT2D eigenvalue weighted by Gasteiger charge is -2.44. The Morgan fingerprint density at radius 3 is 2.74 bits per heavy atom. The molecule has 3 aliphatic heterocycles. The summed E-state index contributed by atoms with van der Waals surface area (Å²) in [5.41, 5.74) is 2.84. The molecule has 0 radical (unpaired) electrons. The van der Waals surface area contributed by atoms with Gasteiger partial charge in [0, 0.05) is 36.2 Å². The lowest BCUT2D eigenvalue weighted by Crippen LogP contribution is -2.57. The number of pyridine rings is 1. The summed E-state index contributed by atoms with van der Waals surface area (Å²) in [6.07, 6.45) is 6.03. The topological polar surface area (TPSA) is 50.2 Å². The first-order valence-corrected chi connectivity index (χ1v) is 8.35. The fraction of sp³-hybridized carbons (Fsp3) is 0.444. The first-order chi connectivity index (χ1) is 11.2. The van der Waals surface area contributed by atoms with E-state index in [9.17, 15) is 4.79 Å². The average Bonchev–Trinajstić information content (AvgIpc) is 2.98. The third-order valence-electron chi connectivity index (χ3n) is 5.27. The summed E-state index contributed by atoms with van der Waals surface area (Å²) in [6.45, 7) is 5.33. The third-order valence-corrected chi connectivity index (χ3v) is 5.27. The van der Waals surface area contributed by atoms with Gasteiger partial charge < -0.3 is 10.2 Å². The van der Waals surface area contributed by atoms with Crippen molar-refractivity contribution in [2.24, 2.45) is 5.92 Å². The highest BCUT2D eigenvalue weighted by molar-refractivity contribution is 5.80. The molecule has 23 heavy (non-hydrogen) atoms. The Labute approximate surface area is 136 Å². The SMILES string of the molecule is Cc1c(-c2ccccn2)ccn1C(=O)N[C@H]1CN2CCC1CC2. The second kappa shape index (κ2) is 5.81. The molecule has 0 aliphatic carbocycles. The van der Waals surface area contributed by atoms with Gasteiger partial charge in [-0.1, -0.05) is 6.07 Å². The number of nitrogens with one attached hydrogen (secondary N) is 1. The summed E-state index contributed by atoms with van der Waals surface area (Å²) in [6, 6.07) is 8.06. The molecule has 1 N–H and O–H groups in total. The first-order valence-electron chi connectivity index (χ1n) is 8.35. The van der Waals surface area contributed by atoms with Crippen LogP contribution in [0.25, 0.3) is 11.3 Å². The zero-order valence-electron chi connectivity index (χ0n) is 13.4. The van der Waals surface area contributed by atoms with Gasteiger partial charge in [-0.15, -0.1) is 0 Å². The lowest BCUT2D eigenvalue weighted by atomic mass is 9.84. The Morgan fingerprint density at radius 2 is 2.09 bits per heavy atom. The lowest BCUT2D eigenvalue weighted by molar-refractivity contribution is 0.0767. The molecule has 0 unspecified atom stereocenters. The van der Waals surface area contributed by atoms with Crippen molar-refractivity contribution in [3.8, 4) is 11.3 Å². The van der Waals surface area contributed by atoms with Gasteiger partial charge in [-0.05, 0) is 57.0 Å². The van der Waals surface area contributed by atoms with Gasteiger partial charge in [0.05, 0.1) is 5.69 Å².